The van der Waals surface area contributed by atoms with Crippen LogP contribution in [0.2, 0.25) is 10.0 Å². The first-order valence-corrected chi connectivity index (χ1v) is 30.0. The zero-order chi connectivity index (χ0) is 54.9. The smallest absolute Gasteiger partial charge is 0.336 e. The summed E-state index contributed by atoms with van der Waals surface area (Å²) in [6.45, 7) is 6.99. The first kappa shape index (κ1) is 62.1. The number of benzene rings is 4. The maximum Gasteiger partial charge on any atom is 0.336 e. The van der Waals surface area contributed by atoms with E-state index in [0.29, 0.717) is 77.7 Å². The van der Waals surface area contributed by atoms with Crippen molar-refractivity contribution in [3.8, 4) is 11.5 Å². The van der Waals surface area contributed by atoms with Gasteiger partial charge in [-0.2, -0.15) is 0 Å². The lowest BCUT2D eigenvalue weighted by molar-refractivity contribution is -0.143. The maximum absolute atomic E-state index is 13.5. The quantitative estimate of drug-likeness (QED) is 0.0240. The summed E-state index contributed by atoms with van der Waals surface area (Å²) >= 11 is 14.5. The number of carbonyl (C=O) groups is 4. The van der Waals surface area contributed by atoms with Crippen LogP contribution in [0.5, 0.6) is 11.5 Å². The van der Waals surface area contributed by atoms with E-state index >= 15 is 0 Å². The highest BCUT2D eigenvalue weighted by atomic mass is 127. The van der Waals surface area contributed by atoms with Crippen molar-refractivity contribution in [2.24, 2.45) is 0 Å². The summed E-state index contributed by atoms with van der Waals surface area (Å²) in [5.41, 5.74) is 5.47. The minimum atomic E-state index is -4.21. The second-order valence-corrected chi connectivity index (χ2v) is 22.9. The molecule has 4 aliphatic heterocycles. The summed E-state index contributed by atoms with van der Waals surface area (Å²) < 4.78 is 67.5. The first-order chi connectivity index (χ1) is 37.1. The number of alkyl halides is 1. The Bertz CT molecular complexity index is 2800. The summed E-state index contributed by atoms with van der Waals surface area (Å²) in [4.78, 5) is 56.7. The fourth-order valence-electron chi connectivity index (χ4n) is 9.72. The highest BCUT2D eigenvalue weighted by Gasteiger charge is 2.40. The number of esters is 2. The minimum Gasteiger partial charge on any atom is -0.748 e. The molecule has 0 radical (unpaired) electrons. The number of carbonyl (C=O) groups excluding carboxylic acids is 4. The topological polar surface area (TPSA) is 224 Å². The number of nitrogens with zero attached hydrogens (tertiary/aromatic N) is 2. The van der Waals surface area contributed by atoms with Crippen LogP contribution in [-0.2, 0) is 61.5 Å². The normalized spacial score (nSPS) is 19.5. The van der Waals surface area contributed by atoms with Crippen LogP contribution in [0.1, 0.15) is 112 Å². The highest BCUT2D eigenvalue weighted by molar-refractivity contribution is 14.1. The van der Waals surface area contributed by atoms with Gasteiger partial charge in [-0.25, -0.2) is 18.0 Å². The molecule has 0 aliphatic carbocycles. The van der Waals surface area contributed by atoms with Crippen molar-refractivity contribution in [3.05, 3.63) is 152 Å². The lowest BCUT2D eigenvalue weighted by Gasteiger charge is -2.35. The van der Waals surface area contributed by atoms with Gasteiger partial charge in [0.15, 0.2) is 0 Å². The standard InChI is InChI=1S/C29H33ClINO5.C29H34ClNO8S.H3N/c1-20-28(29(34)37-19-21-6-12-24(13-7-21)35-15-3-2-14-31)26(22-8-10-23(30)11-9-22)17-27(33)32(20)18-25-5-4-16-36-25;1-20-28(29(33)39-19-21-6-12-24(13-7-21)37-14-2-3-16-40(34,35)36)26(22-8-10-23(30)11-9-22)17-27(32)31(20)18-25-5-4-15-38-25;/h6-13,25-26H,2-5,14-19H2,1H3;6-13,25-26H,2-5,14-19H2,1H3,(H,34,35,36);1H3/t2*25-,26+;/m11./s1. The fraction of sp³-hybridized carbons (Fsp3) is 0.448. The van der Waals surface area contributed by atoms with E-state index in [-0.39, 0.29) is 69.3 Å². The lowest BCUT2D eigenvalue weighted by atomic mass is 9.83. The van der Waals surface area contributed by atoms with E-state index < -0.39 is 39.6 Å². The zero-order valence-corrected chi connectivity index (χ0v) is 48.9. The van der Waals surface area contributed by atoms with E-state index in [1.807, 2.05) is 55.5 Å². The van der Waals surface area contributed by atoms with Gasteiger partial charge in [0, 0.05) is 65.1 Å². The van der Waals surface area contributed by atoms with Crippen molar-refractivity contribution in [3.63, 3.8) is 0 Å². The maximum atomic E-state index is 13.5. The third kappa shape index (κ3) is 18.2. The summed E-state index contributed by atoms with van der Waals surface area (Å²) in [7, 11) is -4.21. The third-order valence-electron chi connectivity index (χ3n) is 13.9. The van der Waals surface area contributed by atoms with Crippen LogP contribution in [0, 0.1) is 0 Å². The number of rotatable bonds is 23. The van der Waals surface area contributed by atoms with Crippen LogP contribution in [0.25, 0.3) is 0 Å². The fourth-order valence-corrected chi connectivity index (χ4v) is 11.1. The van der Waals surface area contributed by atoms with Crippen molar-refractivity contribution in [2.75, 3.05) is 49.7 Å². The molecule has 20 heteroatoms. The number of hydrogen-bond donors (Lipinski definition) is 1. The molecule has 2 amide bonds. The van der Waals surface area contributed by atoms with E-state index in [9.17, 15) is 32.1 Å². The molecular formula is C58H70Cl2IN3O13S. The summed E-state index contributed by atoms with van der Waals surface area (Å²) in [6, 6.07) is 29.1. The molecule has 4 N–H and O–H groups in total. The highest BCUT2D eigenvalue weighted by Crippen LogP contribution is 2.40. The van der Waals surface area contributed by atoms with Crippen LogP contribution >= 0.6 is 45.8 Å². The van der Waals surface area contributed by atoms with Crippen LogP contribution in [0.4, 0.5) is 0 Å². The van der Waals surface area contributed by atoms with Crippen molar-refractivity contribution in [2.45, 2.75) is 115 Å². The Kier molecular flexibility index (Phi) is 24.3. The van der Waals surface area contributed by atoms with Crippen molar-refractivity contribution >= 4 is 79.7 Å². The third-order valence-corrected chi connectivity index (χ3v) is 15.9. The molecule has 4 aromatic rings. The largest absolute Gasteiger partial charge is 0.748 e. The SMILES string of the molecule is CC1=C(C(=O)OCc2ccc(OCCCCI)cc2)[C@H](c2ccc(Cl)cc2)CC(=O)N1C[C@H]1CCCO1.CC1=C(C(=O)OCc2ccc(OCCCCS(=O)(=O)[O-])cc2)[C@H](c2ccc(Cl)cc2)CC(=O)N1C[C@H]1CCCO1.[NH4+]. The number of hydrogen-bond acceptors (Lipinski definition) is 13. The van der Waals surface area contributed by atoms with Gasteiger partial charge in [-0.05, 0) is 140 Å². The van der Waals surface area contributed by atoms with Gasteiger partial charge in [-0.1, -0.05) is 94.3 Å². The molecule has 2 fully saturated rings. The van der Waals surface area contributed by atoms with E-state index in [1.165, 1.54) is 0 Å². The number of allylic oxidation sites excluding steroid dienone is 2. The number of amides is 2. The molecule has 422 valence electrons. The Labute approximate surface area is 481 Å². The van der Waals surface area contributed by atoms with Crippen LogP contribution in [-0.4, -0.2) is 108 Å². The van der Waals surface area contributed by atoms with Crippen LogP contribution in [0.15, 0.2) is 120 Å². The van der Waals surface area contributed by atoms with Gasteiger partial charge in [0.25, 0.3) is 0 Å². The zero-order valence-electron chi connectivity index (χ0n) is 44.4. The van der Waals surface area contributed by atoms with E-state index in [0.717, 1.165) is 71.0 Å². The van der Waals surface area contributed by atoms with Crippen LogP contribution in [0.3, 0.4) is 0 Å². The number of quaternary nitrogens is 1. The number of unbranched alkanes of at least 4 members (excludes halogenated alkanes) is 2. The predicted molar refractivity (Wildman–Crippen MR) is 306 cm³/mol. The van der Waals surface area contributed by atoms with Gasteiger partial charge in [-0.15, -0.1) is 0 Å². The Morgan fingerprint density at radius 3 is 1.38 bits per heavy atom. The summed E-state index contributed by atoms with van der Waals surface area (Å²) in [6.07, 6.45) is 6.84. The molecule has 8 rings (SSSR count). The molecule has 2 saturated heterocycles. The molecule has 0 aromatic heterocycles. The molecule has 0 unspecified atom stereocenters. The van der Waals surface area contributed by atoms with Crippen molar-refractivity contribution < 1.29 is 60.6 Å². The molecule has 0 spiro atoms. The lowest BCUT2D eigenvalue weighted by Crippen LogP contribution is -2.42. The average Bonchev–Trinajstić information content (AvgIpc) is 4.20. The Balaban J connectivity index is 0.000000250. The summed E-state index contributed by atoms with van der Waals surface area (Å²) in [5.74, 6) is -0.847. The van der Waals surface area contributed by atoms with Crippen molar-refractivity contribution in [1.82, 2.24) is 16.0 Å². The molecule has 0 saturated carbocycles. The molecule has 78 heavy (non-hydrogen) atoms. The van der Waals surface area contributed by atoms with E-state index in [2.05, 4.69) is 22.6 Å². The van der Waals surface area contributed by atoms with Gasteiger partial charge in [0.1, 0.15) is 24.7 Å². The number of halogens is 3. The first-order valence-electron chi connectivity index (χ1n) is 26.1. The van der Waals surface area contributed by atoms with E-state index in [4.69, 9.17) is 51.6 Å². The minimum absolute atomic E-state index is 0. The molecule has 4 aromatic carbocycles. The average molecular weight is 1250 g/mol. The summed E-state index contributed by atoms with van der Waals surface area (Å²) in [5, 5.41) is 1.17. The predicted octanol–water partition coefficient (Wildman–Crippen LogP) is 11.4. The van der Waals surface area contributed by atoms with Gasteiger partial charge in [0.05, 0.1) is 59.8 Å². The van der Waals surface area contributed by atoms with Crippen LogP contribution < -0.4 is 15.6 Å². The number of ether oxygens (including phenoxy) is 6. The molecule has 4 atom stereocenters. The Morgan fingerprint density at radius 2 is 1.03 bits per heavy atom. The van der Waals surface area contributed by atoms with Crippen molar-refractivity contribution in [1.29, 1.82) is 0 Å². The van der Waals surface area contributed by atoms with Gasteiger partial charge >= 0.3 is 11.9 Å². The van der Waals surface area contributed by atoms with Gasteiger partial charge < -0.3 is 48.9 Å². The van der Waals surface area contributed by atoms with Gasteiger partial charge in [0.2, 0.25) is 11.8 Å². The molecule has 4 heterocycles. The molecule has 4 aliphatic rings. The second-order valence-electron chi connectivity index (χ2n) is 19.4. The second kappa shape index (κ2) is 30.5. The monoisotopic (exact) mass is 1250 g/mol. The molecule has 16 nitrogen and oxygen atoms in total. The Hall–Kier alpha value is -5.06. The molecule has 0 bridgehead atoms. The van der Waals surface area contributed by atoms with Gasteiger partial charge in [-0.3, -0.25) is 9.59 Å². The molecular weight excluding hydrogens is 1180 g/mol. The Morgan fingerprint density at radius 1 is 0.628 bits per heavy atom. The van der Waals surface area contributed by atoms with E-state index in [1.54, 1.807) is 65.3 Å².